The van der Waals surface area contributed by atoms with Crippen LogP contribution < -0.4 is 5.32 Å². The van der Waals surface area contributed by atoms with Gasteiger partial charge in [0, 0.05) is 43.3 Å². The smallest absolute Gasteiger partial charge is 0.0470 e. The standard InChI is InChI=1S/C31H22N2S/c32-20-21-8-6-11-24(18-21)33-29-19-23(16-17-25(29)22-9-2-1-3-10-22)26-13-7-14-28-27-12-4-5-15-30(27)34-31(26)28/h1-20,32-33H. The molecule has 34 heavy (non-hydrogen) atoms. The quantitative estimate of drug-likeness (QED) is 0.250. The Bertz CT molecular complexity index is 1650. The third kappa shape index (κ3) is 3.66. The molecule has 1 heterocycles. The second-order valence-electron chi connectivity index (χ2n) is 8.30. The molecule has 0 unspecified atom stereocenters. The van der Waals surface area contributed by atoms with Gasteiger partial charge in [-0.2, -0.15) is 0 Å². The molecule has 0 saturated carbocycles. The predicted octanol–water partition coefficient (Wildman–Crippen LogP) is 9.13. The van der Waals surface area contributed by atoms with Gasteiger partial charge < -0.3 is 10.7 Å². The molecular formula is C31H22N2S. The average molecular weight is 455 g/mol. The van der Waals surface area contributed by atoms with Gasteiger partial charge in [-0.25, -0.2) is 0 Å². The lowest BCUT2D eigenvalue weighted by molar-refractivity contribution is 1.50. The molecule has 6 aromatic rings. The highest BCUT2D eigenvalue weighted by molar-refractivity contribution is 7.26. The van der Waals surface area contributed by atoms with E-state index in [9.17, 15) is 0 Å². The van der Waals surface area contributed by atoms with E-state index in [1.807, 2.05) is 41.7 Å². The average Bonchev–Trinajstić information content (AvgIpc) is 3.28. The normalized spacial score (nSPS) is 11.1. The zero-order valence-corrected chi connectivity index (χ0v) is 19.3. The summed E-state index contributed by atoms with van der Waals surface area (Å²) in [6, 6.07) is 40.3. The summed E-state index contributed by atoms with van der Waals surface area (Å²) in [5, 5.41) is 13.9. The summed E-state index contributed by atoms with van der Waals surface area (Å²) in [7, 11) is 0. The second kappa shape index (κ2) is 8.62. The number of anilines is 2. The number of thiophene rings is 1. The fourth-order valence-corrected chi connectivity index (χ4v) is 5.76. The molecule has 0 bridgehead atoms. The maximum atomic E-state index is 7.61. The van der Waals surface area contributed by atoms with E-state index in [2.05, 4.69) is 90.2 Å². The van der Waals surface area contributed by atoms with Crippen molar-refractivity contribution in [3.05, 3.63) is 121 Å². The minimum absolute atomic E-state index is 0.873. The van der Waals surface area contributed by atoms with E-state index in [0.29, 0.717) is 0 Å². The van der Waals surface area contributed by atoms with E-state index in [1.165, 1.54) is 43.1 Å². The highest BCUT2D eigenvalue weighted by atomic mass is 32.1. The highest BCUT2D eigenvalue weighted by Crippen LogP contribution is 2.42. The van der Waals surface area contributed by atoms with Gasteiger partial charge in [0.25, 0.3) is 0 Å². The van der Waals surface area contributed by atoms with E-state index < -0.39 is 0 Å². The third-order valence-electron chi connectivity index (χ3n) is 6.15. The van der Waals surface area contributed by atoms with Crippen molar-refractivity contribution < 1.29 is 0 Å². The van der Waals surface area contributed by atoms with Crippen molar-refractivity contribution in [2.24, 2.45) is 0 Å². The van der Waals surface area contributed by atoms with Gasteiger partial charge in [-0.3, -0.25) is 0 Å². The fraction of sp³-hybridized carbons (Fsp3) is 0. The predicted molar refractivity (Wildman–Crippen MR) is 148 cm³/mol. The van der Waals surface area contributed by atoms with Crippen LogP contribution >= 0.6 is 11.3 Å². The molecule has 2 nitrogen and oxygen atoms in total. The van der Waals surface area contributed by atoms with E-state index in [4.69, 9.17) is 5.41 Å². The molecule has 162 valence electrons. The Morgan fingerprint density at radius 3 is 2.29 bits per heavy atom. The number of fused-ring (bicyclic) bond motifs is 3. The summed E-state index contributed by atoms with van der Waals surface area (Å²) >= 11 is 1.85. The number of rotatable bonds is 5. The Kier molecular flexibility index (Phi) is 5.17. The van der Waals surface area contributed by atoms with Crippen LogP contribution in [0.4, 0.5) is 11.4 Å². The maximum absolute atomic E-state index is 7.61. The van der Waals surface area contributed by atoms with Gasteiger partial charge in [-0.15, -0.1) is 11.3 Å². The van der Waals surface area contributed by atoms with Crippen LogP contribution in [-0.4, -0.2) is 6.21 Å². The molecule has 0 aliphatic rings. The molecule has 1 aromatic heterocycles. The first-order chi connectivity index (χ1) is 16.8. The SMILES string of the molecule is N=Cc1cccc(Nc2cc(-c3cccc4c3sc3ccccc34)ccc2-c2ccccc2)c1. The molecule has 0 fully saturated rings. The minimum Gasteiger partial charge on any atom is -0.355 e. The van der Waals surface area contributed by atoms with Crippen molar-refractivity contribution in [3.8, 4) is 22.3 Å². The number of hydrogen-bond acceptors (Lipinski definition) is 3. The van der Waals surface area contributed by atoms with Crippen molar-refractivity contribution in [2.45, 2.75) is 0 Å². The molecule has 0 spiro atoms. The summed E-state index contributed by atoms with van der Waals surface area (Å²) in [6.45, 7) is 0. The van der Waals surface area contributed by atoms with Crippen LogP contribution in [0.2, 0.25) is 0 Å². The van der Waals surface area contributed by atoms with E-state index >= 15 is 0 Å². The lowest BCUT2D eigenvalue weighted by Gasteiger charge is -2.15. The van der Waals surface area contributed by atoms with Crippen LogP contribution in [0.3, 0.4) is 0 Å². The Hall–Kier alpha value is -4.21. The summed E-state index contributed by atoms with van der Waals surface area (Å²) < 4.78 is 2.63. The van der Waals surface area contributed by atoms with Crippen LogP contribution in [0, 0.1) is 5.41 Å². The van der Waals surface area contributed by atoms with Gasteiger partial charge in [0.15, 0.2) is 0 Å². The van der Waals surface area contributed by atoms with E-state index in [1.54, 1.807) is 0 Å². The zero-order chi connectivity index (χ0) is 22.9. The number of nitrogens with one attached hydrogen (secondary N) is 2. The van der Waals surface area contributed by atoms with Crippen molar-refractivity contribution in [1.29, 1.82) is 5.41 Å². The third-order valence-corrected chi connectivity index (χ3v) is 7.37. The minimum atomic E-state index is 0.873. The van der Waals surface area contributed by atoms with Gasteiger partial charge >= 0.3 is 0 Å². The van der Waals surface area contributed by atoms with Crippen LogP contribution in [0.25, 0.3) is 42.4 Å². The van der Waals surface area contributed by atoms with Gasteiger partial charge in [0.2, 0.25) is 0 Å². The monoisotopic (exact) mass is 454 g/mol. The molecule has 5 aromatic carbocycles. The van der Waals surface area contributed by atoms with Gasteiger partial charge in [0.05, 0.1) is 0 Å². The summed E-state index contributed by atoms with van der Waals surface area (Å²) in [5.74, 6) is 0. The summed E-state index contributed by atoms with van der Waals surface area (Å²) in [5.41, 5.74) is 7.63. The van der Waals surface area contributed by atoms with Crippen LogP contribution in [0.5, 0.6) is 0 Å². The molecule has 0 aliphatic carbocycles. The molecular weight excluding hydrogens is 432 g/mol. The second-order valence-corrected chi connectivity index (χ2v) is 9.35. The number of hydrogen-bond donors (Lipinski definition) is 2. The largest absolute Gasteiger partial charge is 0.355 e. The van der Waals surface area contributed by atoms with Crippen LogP contribution in [0.15, 0.2) is 115 Å². The van der Waals surface area contributed by atoms with Crippen molar-refractivity contribution in [2.75, 3.05) is 5.32 Å². The van der Waals surface area contributed by atoms with E-state index in [0.717, 1.165) is 22.5 Å². The Labute approximate surface area is 202 Å². The molecule has 0 radical (unpaired) electrons. The molecule has 0 aliphatic heterocycles. The van der Waals surface area contributed by atoms with E-state index in [-0.39, 0.29) is 0 Å². The molecule has 0 atom stereocenters. The maximum Gasteiger partial charge on any atom is 0.0470 e. The Morgan fingerprint density at radius 1 is 0.618 bits per heavy atom. The van der Waals surface area contributed by atoms with Crippen LogP contribution in [0.1, 0.15) is 5.56 Å². The topological polar surface area (TPSA) is 35.9 Å². The molecule has 6 rings (SSSR count). The molecule has 2 N–H and O–H groups in total. The number of benzene rings is 5. The lowest BCUT2D eigenvalue weighted by Crippen LogP contribution is -1.95. The fourth-order valence-electron chi connectivity index (χ4n) is 4.52. The zero-order valence-electron chi connectivity index (χ0n) is 18.5. The van der Waals surface area contributed by atoms with Gasteiger partial charge in [0.1, 0.15) is 0 Å². The Balaban J connectivity index is 1.53. The van der Waals surface area contributed by atoms with Crippen molar-refractivity contribution >= 4 is 49.1 Å². The summed E-state index contributed by atoms with van der Waals surface area (Å²) in [6.07, 6.45) is 1.38. The van der Waals surface area contributed by atoms with Crippen molar-refractivity contribution in [1.82, 2.24) is 0 Å². The molecule has 3 heteroatoms. The highest BCUT2D eigenvalue weighted by Gasteiger charge is 2.13. The van der Waals surface area contributed by atoms with Crippen LogP contribution in [-0.2, 0) is 0 Å². The lowest BCUT2D eigenvalue weighted by atomic mass is 9.97. The Morgan fingerprint density at radius 2 is 1.41 bits per heavy atom. The first-order valence-corrected chi connectivity index (χ1v) is 12.1. The van der Waals surface area contributed by atoms with Crippen molar-refractivity contribution in [3.63, 3.8) is 0 Å². The van der Waals surface area contributed by atoms with Gasteiger partial charge in [-0.05, 0) is 46.5 Å². The first kappa shape index (κ1) is 20.4. The molecule has 0 amide bonds. The van der Waals surface area contributed by atoms with Gasteiger partial charge in [-0.1, -0.05) is 91.0 Å². The molecule has 0 saturated heterocycles. The first-order valence-electron chi connectivity index (χ1n) is 11.3. The summed E-state index contributed by atoms with van der Waals surface area (Å²) in [4.78, 5) is 0.